The molecule has 0 saturated carbocycles. The molecule has 3 aromatic rings. The number of rotatable bonds is 62. The molecule has 5 amide bonds. The van der Waals surface area contributed by atoms with E-state index in [2.05, 4.69) is 68.0 Å². The third kappa shape index (κ3) is 35.2. The van der Waals surface area contributed by atoms with Gasteiger partial charge in [-0.1, -0.05) is 28.5 Å². The van der Waals surface area contributed by atoms with Crippen molar-refractivity contribution in [2.75, 3.05) is 139 Å². The zero-order valence-electron chi connectivity index (χ0n) is 73.0. The van der Waals surface area contributed by atoms with Crippen molar-refractivity contribution >= 4 is 37.4 Å². The molecular formula is C75H130N19O35P. The van der Waals surface area contributed by atoms with E-state index in [-0.39, 0.29) is 170 Å². The van der Waals surface area contributed by atoms with Crippen LogP contribution in [-0.4, -0.2) is 435 Å². The summed E-state index contributed by atoms with van der Waals surface area (Å²) in [6.45, 7) is 3.22. The number of phosphoric acid groups is 1. The second-order valence-corrected chi connectivity index (χ2v) is 32.6. The van der Waals surface area contributed by atoms with Gasteiger partial charge in [0, 0.05) is 85.4 Å². The van der Waals surface area contributed by atoms with Crippen LogP contribution in [0.5, 0.6) is 0 Å². The average molecular weight is 1890 g/mol. The van der Waals surface area contributed by atoms with Gasteiger partial charge < -0.3 is 170 Å². The molecule has 130 heavy (non-hydrogen) atoms. The average Bonchev–Trinajstić information content (AvgIpc) is 1.27. The second-order valence-electron chi connectivity index (χ2n) is 31.2. The van der Waals surface area contributed by atoms with Gasteiger partial charge in [0.25, 0.3) is 0 Å². The molecule has 21 N–H and O–H groups in total. The summed E-state index contributed by atoms with van der Waals surface area (Å²) in [6.07, 6.45) is -15.0. The van der Waals surface area contributed by atoms with Crippen molar-refractivity contribution in [3.63, 3.8) is 0 Å². The molecule has 0 aliphatic carbocycles. The lowest BCUT2D eigenvalue weighted by molar-refractivity contribution is -0.272. The summed E-state index contributed by atoms with van der Waals surface area (Å²) in [7, 11) is -4.54. The fraction of sp³-hybridized carbons (Fsp3) is 0.827. The number of aliphatic hydroxyl groups is 13. The van der Waals surface area contributed by atoms with Crippen molar-refractivity contribution in [3.05, 3.63) is 47.7 Å². The highest BCUT2D eigenvalue weighted by Gasteiger charge is 2.50. The lowest BCUT2D eigenvalue weighted by Gasteiger charge is -2.42. The summed E-state index contributed by atoms with van der Waals surface area (Å²) in [5.41, 5.74) is 9.72. The van der Waals surface area contributed by atoms with Gasteiger partial charge in [0.05, 0.1) is 169 Å². The quantitative estimate of drug-likeness (QED) is 0.0142. The number of amides is 5. The van der Waals surface area contributed by atoms with Crippen LogP contribution in [0.15, 0.2) is 35.7 Å². The van der Waals surface area contributed by atoms with Crippen molar-refractivity contribution in [2.24, 2.45) is 5.11 Å². The molecule has 0 radical (unpaired) electrons. The van der Waals surface area contributed by atoms with Crippen molar-refractivity contribution in [3.8, 4) is 0 Å². The van der Waals surface area contributed by atoms with Crippen molar-refractivity contribution in [2.45, 2.75) is 259 Å². The molecule has 5 aliphatic heterocycles. The molecular weight excluding hydrogens is 1760 g/mol. The van der Waals surface area contributed by atoms with E-state index in [0.29, 0.717) is 55.6 Å². The maximum absolute atomic E-state index is 15.2. The summed E-state index contributed by atoms with van der Waals surface area (Å²) >= 11 is 0. The number of aliphatic hydroxyl groups excluding tert-OH is 13. The summed E-state index contributed by atoms with van der Waals surface area (Å²) < 4.78 is 102. The third-order valence-electron chi connectivity index (χ3n) is 21.1. The number of carbonyl (C=O) groups excluding carboxylic acids is 5. The Morgan fingerprint density at radius 2 is 0.892 bits per heavy atom. The number of hydrogen-bond acceptors (Lipinski definition) is 45. The van der Waals surface area contributed by atoms with Gasteiger partial charge in [0.1, 0.15) is 109 Å². The summed E-state index contributed by atoms with van der Waals surface area (Å²) in [5.74, 6) is -2.38. The van der Waals surface area contributed by atoms with Crippen LogP contribution in [0.1, 0.15) is 96.1 Å². The normalized spacial score (nSPS) is 28.5. The number of nitrogens with one attached hydrogen (secondary N) is 7. The van der Waals surface area contributed by atoms with E-state index in [1.54, 1.807) is 23.5 Å². The van der Waals surface area contributed by atoms with Crippen LogP contribution in [0.3, 0.4) is 0 Å². The van der Waals surface area contributed by atoms with Gasteiger partial charge in [-0.15, -0.1) is 20.4 Å². The first-order valence-corrected chi connectivity index (χ1v) is 44.5. The minimum Gasteiger partial charge on any atom is -0.394 e. The highest BCUT2D eigenvalue weighted by Crippen LogP contribution is 2.46. The van der Waals surface area contributed by atoms with Crippen molar-refractivity contribution < 1.29 is 170 Å². The Morgan fingerprint density at radius 1 is 0.508 bits per heavy atom. The largest absolute Gasteiger partial charge is 0.472 e. The molecule has 5 saturated heterocycles. The molecule has 55 heteroatoms. The molecule has 0 spiro atoms. The SMILES string of the molecule is CC(=O)N[C@H]1[C@H](OCCOCCN/C=C(\N=N)N(CCCC[C@@H](C(=O)NCCCCCCOP(=O)(O)OC2CCO[C@@H]2O)N(Cc2cn(CCOCCO[C@@H]3O[C@H](CO)[C@H](O)[C@H](O)[C@H]3NC(C)=O)nn2)Cc2cn(CCOCCO[C@@H]3O[C@H](CO)[C@H](O)[C@H](O)[C@H]3NC(C)=O)nn2)Cc2cn(CCOCCO[C@@H]3O[C@H](CO)[C@H](O)[C@H](O)[C@H]3NC(C)=O)nn2)O[C@H](CO)[C@H](O)[C@@H]1O. The Labute approximate surface area is 748 Å². The van der Waals surface area contributed by atoms with Gasteiger partial charge in [-0.05, 0) is 32.1 Å². The Morgan fingerprint density at radius 3 is 1.26 bits per heavy atom. The molecule has 54 nitrogen and oxygen atoms in total. The van der Waals surface area contributed by atoms with Gasteiger partial charge in [0.2, 0.25) is 29.5 Å². The number of unbranched alkanes of at least 4 members (excludes halogenated alkanes) is 4. The van der Waals surface area contributed by atoms with Gasteiger partial charge >= 0.3 is 7.82 Å². The highest BCUT2D eigenvalue weighted by atomic mass is 31.2. The Balaban J connectivity index is 0.979. The van der Waals surface area contributed by atoms with E-state index in [9.17, 15) is 95.0 Å². The molecule has 0 bridgehead atoms. The molecule has 5 fully saturated rings. The second kappa shape index (κ2) is 56.8. The summed E-state index contributed by atoms with van der Waals surface area (Å²) in [6, 6.07) is -5.63. The standard InChI is InChI=1S/C75H130N19O35P/c1-44(99)79-58-66(107)62(103)53(40-95)125-72(58)120-29-25-115-21-14-77-33-57(83-76)90(34-48-37-92(87-84-48)16-22-116-26-30-121-73-59(80-45(2)100)67(108)63(104)54(41-96)126-73)15-9-7-11-51(70(111)78-13-8-5-6-10-19-124-130(113,114)129-52-12-20-119-71(52)112)91(35-49-38-93(88-85-49)17-23-117-27-31-122-74-60(81-46(3)101)68(109)64(105)55(42-97)127-74)36-50-39-94(89-86-50)18-24-118-28-32-123-75-61(82-47(4)102)69(110)65(106)56(43-98)128-75/h33,37-39,51-56,58-69,71-77,95-98,103-110,112H,5-32,34-36,40-43H2,1-4H3,(H,78,111)(H,79,99)(H,80,100)(H,81,101)(H,82,102)(H,113,114)/b57-33+,83-76?/t51-,52?,53+,54+,55+,56+,58+,59+,60+,61+,62-,63-,64-,65-,66+,67+,68+,69+,71-,72+,73+,74+,75+/m0/s1. The molecule has 8 heterocycles. The molecule has 24 atom stereocenters. The first kappa shape index (κ1) is 108. The Kier molecular flexibility index (Phi) is 47.2. The number of phosphoric ester groups is 1. The maximum atomic E-state index is 15.2. The van der Waals surface area contributed by atoms with Crippen molar-refractivity contribution in [1.82, 2.24) is 86.7 Å². The number of carbonyl (C=O) groups is 5. The number of ether oxygens (including phenoxy) is 13. The minimum absolute atomic E-state index is 0.0000148. The predicted octanol–water partition coefficient (Wildman–Crippen LogP) is -9.25. The number of hydrogen-bond donors (Lipinski definition) is 21. The topological polar surface area (TPSA) is 731 Å². The molecule has 740 valence electrons. The summed E-state index contributed by atoms with van der Waals surface area (Å²) in [4.78, 5) is 77.1. The molecule has 5 aliphatic rings. The predicted molar refractivity (Wildman–Crippen MR) is 436 cm³/mol. The lowest BCUT2D eigenvalue weighted by Crippen LogP contribution is -2.64. The fourth-order valence-corrected chi connectivity index (χ4v) is 15.5. The monoisotopic (exact) mass is 1890 g/mol. The molecule has 8 rings (SSSR count). The van der Waals surface area contributed by atoms with Crippen LogP contribution in [0.25, 0.3) is 0 Å². The van der Waals surface area contributed by atoms with Crippen LogP contribution in [0.4, 0.5) is 0 Å². The lowest BCUT2D eigenvalue weighted by atomic mass is 9.97. The molecule has 0 aromatic carbocycles. The van der Waals surface area contributed by atoms with Crippen LogP contribution in [0.2, 0.25) is 0 Å². The van der Waals surface area contributed by atoms with Gasteiger partial charge in [-0.25, -0.2) is 24.1 Å². The van der Waals surface area contributed by atoms with E-state index in [4.69, 9.17) is 76.2 Å². The van der Waals surface area contributed by atoms with Crippen LogP contribution in [0, 0.1) is 5.53 Å². The number of aromatic nitrogens is 9. The molecule has 3 aromatic heterocycles. The maximum Gasteiger partial charge on any atom is 0.472 e. The van der Waals surface area contributed by atoms with E-state index in [1.165, 1.54) is 47.9 Å². The first-order chi connectivity index (χ1) is 62.4. The van der Waals surface area contributed by atoms with E-state index in [1.807, 2.05) is 4.90 Å². The number of nitrogens with zero attached hydrogens (tertiary/aromatic N) is 12. The van der Waals surface area contributed by atoms with E-state index >= 15 is 4.79 Å². The minimum atomic E-state index is -4.54. The zero-order valence-corrected chi connectivity index (χ0v) is 73.9. The van der Waals surface area contributed by atoms with Gasteiger partial charge in [-0.2, -0.15) is 0 Å². The van der Waals surface area contributed by atoms with E-state index in [0.717, 1.165) is 0 Å². The highest BCUT2D eigenvalue weighted by molar-refractivity contribution is 7.47. The molecule has 2 unspecified atom stereocenters. The Bertz CT molecular complexity index is 3790. The van der Waals surface area contributed by atoms with Crippen LogP contribution in [-0.2, 0) is 138 Å². The van der Waals surface area contributed by atoms with Crippen molar-refractivity contribution in [1.29, 1.82) is 5.53 Å². The van der Waals surface area contributed by atoms with E-state index < -0.39 is 205 Å². The fourth-order valence-electron chi connectivity index (χ4n) is 14.5. The Hall–Kier alpha value is -7.26. The van der Waals surface area contributed by atoms with Gasteiger partial charge in [0.15, 0.2) is 37.3 Å². The van der Waals surface area contributed by atoms with Crippen LogP contribution >= 0.6 is 7.82 Å². The summed E-state index contributed by atoms with van der Waals surface area (Å²) in [5, 5.41) is 180. The zero-order chi connectivity index (χ0) is 94.2. The smallest absolute Gasteiger partial charge is 0.394 e. The third-order valence-corrected chi connectivity index (χ3v) is 22.2. The van der Waals surface area contributed by atoms with Crippen LogP contribution < -0.4 is 31.9 Å². The van der Waals surface area contributed by atoms with Gasteiger partial charge in [-0.3, -0.25) is 37.9 Å². The first-order valence-electron chi connectivity index (χ1n) is 43.0.